The van der Waals surface area contributed by atoms with Crippen molar-refractivity contribution in [1.29, 1.82) is 0 Å². The Morgan fingerprint density at radius 1 is 1.29 bits per heavy atom. The molecule has 1 aromatic heterocycles. The molecule has 1 aliphatic carbocycles. The zero-order valence-electron chi connectivity index (χ0n) is 12.8. The zero-order chi connectivity index (χ0) is 17.2. The van der Waals surface area contributed by atoms with Gasteiger partial charge in [0.2, 0.25) is 10.0 Å². The number of rotatable bonds is 7. The number of nitrogens with one attached hydrogen (secondary N) is 2. The van der Waals surface area contributed by atoms with E-state index < -0.39 is 15.9 Å². The SMILES string of the molecule is O=C(NCCc1cccc(F)c1)c1sccc1S(=O)(=O)NC1CC1. The molecule has 2 N–H and O–H groups in total. The third kappa shape index (κ3) is 4.19. The molecule has 1 aromatic carbocycles. The predicted molar refractivity (Wildman–Crippen MR) is 90.1 cm³/mol. The topological polar surface area (TPSA) is 75.3 Å². The minimum atomic E-state index is -3.66. The lowest BCUT2D eigenvalue weighted by molar-refractivity contribution is 0.0955. The lowest BCUT2D eigenvalue weighted by Crippen LogP contribution is -2.30. The van der Waals surface area contributed by atoms with Crippen LogP contribution in [0.3, 0.4) is 0 Å². The van der Waals surface area contributed by atoms with Gasteiger partial charge < -0.3 is 5.32 Å². The smallest absolute Gasteiger partial charge is 0.262 e. The standard InChI is InChI=1S/C16H17FN2O3S2/c17-12-3-1-2-11(10-12)6-8-18-16(20)15-14(7-9-23-15)24(21,22)19-13-4-5-13/h1-3,7,9-10,13,19H,4-6,8H2,(H,18,20). The number of halogens is 1. The highest BCUT2D eigenvalue weighted by atomic mass is 32.2. The fourth-order valence-electron chi connectivity index (χ4n) is 2.25. The Balaban J connectivity index is 1.62. The first-order valence-electron chi connectivity index (χ1n) is 7.58. The highest BCUT2D eigenvalue weighted by molar-refractivity contribution is 7.89. The van der Waals surface area contributed by atoms with Crippen LogP contribution < -0.4 is 10.0 Å². The van der Waals surface area contributed by atoms with Gasteiger partial charge in [-0.2, -0.15) is 0 Å². The summed E-state index contributed by atoms with van der Waals surface area (Å²) in [6, 6.07) is 7.58. The maximum atomic E-state index is 13.1. The molecule has 1 amide bonds. The van der Waals surface area contributed by atoms with Crippen LogP contribution in [0.25, 0.3) is 0 Å². The molecule has 0 radical (unpaired) electrons. The quantitative estimate of drug-likeness (QED) is 0.787. The van der Waals surface area contributed by atoms with E-state index in [0.717, 1.165) is 29.7 Å². The largest absolute Gasteiger partial charge is 0.351 e. The molecular weight excluding hydrogens is 351 g/mol. The van der Waals surface area contributed by atoms with Gasteiger partial charge in [0.1, 0.15) is 15.6 Å². The third-order valence-corrected chi connectivity index (χ3v) is 6.22. The number of hydrogen-bond donors (Lipinski definition) is 2. The van der Waals surface area contributed by atoms with Crippen molar-refractivity contribution in [3.8, 4) is 0 Å². The van der Waals surface area contributed by atoms with E-state index in [4.69, 9.17) is 0 Å². The van der Waals surface area contributed by atoms with Crippen molar-refractivity contribution >= 4 is 27.3 Å². The van der Waals surface area contributed by atoms with Crippen molar-refractivity contribution in [2.45, 2.75) is 30.2 Å². The van der Waals surface area contributed by atoms with Crippen LogP contribution in [0.15, 0.2) is 40.6 Å². The summed E-state index contributed by atoms with van der Waals surface area (Å²) in [5.74, 6) is -0.755. The average molecular weight is 368 g/mol. The molecule has 3 rings (SSSR count). The Kier molecular flexibility index (Phi) is 4.98. The van der Waals surface area contributed by atoms with Gasteiger partial charge in [-0.3, -0.25) is 4.79 Å². The minimum Gasteiger partial charge on any atom is -0.351 e. The van der Waals surface area contributed by atoms with E-state index in [2.05, 4.69) is 10.0 Å². The second kappa shape index (κ2) is 7.00. The van der Waals surface area contributed by atoms with Crippen LogP contribution >= 0.6 is 11.3 Å². The molecule has 0 atom stereocenters. The van der Waals surface area contributed by atoms with E-state index in [1.54, 1.807) is 17.5 Å². The van der Waals surface area contributed by atoms with E-state index in [-0.39, 0.29) is 21.6 Å². The van der Waals surface area contributed by atoms with Crippen molar-refractivity contribution in [2.24, 2.45) is 0 Å². The van der Waals surface area contributed by atoms with Gasteiger partial charge in [0, 0.05) is 12.6 Å². The number of amides is 1. The highest BCUT2D eigenvalue weighted by Gasteiger charge is 2.31. The lowest BCUT2D eigenvalue weighted by atomic mass is 10.1. The van der Waals surface area contributed by atoms with Crippen molar-refractivity contribution in [1.82, 2.24) is 10.0 Å². The first-order valence-corrected chi connectivity index (χ1v) is 9.94. The molecule has 0 unspecified atom stereocenters. The fraction of sp³-hybridized carbons (Fsp3) is 0.312. The first-order chi connectivity index (χ1) is 11.5. The van der Waals surface area contributed by atoms with Gasteiger partial charge in [-0.15, -0.1) is 11.3 Å². The van der Waals surface area contributed by atoms with E-state index in [1.165, 1.54) is 18.2 Å². The third-order valence-electron chi connectivity index (χ3n) is 3.61. The van der Waals surface area contributed by atoms with Crippen LogP contribution in [-0.4, -0.2) is 26.9 Å². The summed E-state index contributed by atoms with van der Waals surface area (Å²) >= 11 is 1.09. The molecule has 1 heterocycles. The summed E-state index contributed by atoms with van der Waals surface area (Å²) in [6.45, 7) is 0.301. The molecule has 0 aliphatic heterocycles. The Morgan fingerprint density at radius 2 is 2.08 bits per heavy atom. The summed E-state index contributed by atoms with van der Waals surface area (Å²) in [7, 11) is -3.66. The number of hydrogen-bond acceptors (Lipinski definition) is 4. The van der Waals surface area contributed by atoms with Crippen molar-refractivity contribution in [2.75, 3.05) is 6.54 Å². The lowest BCUT2D eigenvalue weighted by Gasteiger charge is -2.08. The van der Waals surface area contributed by atoms with Gasteiger partial charge in [-0.05, 0) is 48.4 Å². The second-order valence-electron chi connectivity index (χ2n) is 5.65. The van der Waals surface area contributed by atoms with Gasteiger partial charge >= 0.3 is 0 Å². The molecular formula is C16H17FN2O3S2. The molecule has 0 bridgehead atoms. The maximum absolute atomic E-state index is 13.1. The molecule has 8 heteroatoms. The Hall–Kier alpha value is -1.77. The molecule has 1 aliphatic rings. The summed E-state index contributed by atoms with van der Waals surface area (Å²) in [5, 5.41) is 4.28. The Bertz CT molecular complexity index is 845. The van der Waals surface area contributed by atoms with Gasteiger partial charge in [0.25, 0.3) is 5.91 Å². The van der Waals surface area contributed by atoms with Crippen molar-refractivity contribution < 1.29 is 17.6 Å². The summed E-state index contributed by atoms with van der Waals surface area (Å²) in [4.78, 5) is 12.5. The molecule has 2 aromatic rings. The first kappa shape index (κ1) is 17.1. The predicted octanol–water partition coefficient (Wildman–Crippen LogP) is 2.30. The van der Waals surface area contributed by atoms with Crippen LogP contribution in [0.1, 0.15) is 28.1 Å². The van der Waals surface area contributed by atoms with E-state index in [0.29, 0.717) is 13.0 Å². The number of carbonyl (C=O) groups is 1. The zero-order valence-corrected chi connectivity index (χ0v) is 14.4. The van der Waals surface area contributed by atoms with Crippen LogP contribution in [0.5, 0.6) is 0 Å². The van der Waals surface area contributed by atoms with Crippen molar-refractivity contribution in [3.63, 3.8) is 0 Å². The van der Waals surface area contributed by atoms with Crippen LogP contribution in [0.2, 0.25) is 0 Å². The van der Waals surface area contributed by atoms with E-state index >= 15 is 0 Å². The number of thiophene rings is 1. The minimum absolute atomic E-state index is 0.0150. The van der Waals surface area contributed by atoms with Gasteiger partial charge in [-0.1, -0.05) is 12.1 Å². The summed E-state index contributed by atoms with van der Waals surface area (Å²) in [5.41, 5.74) is 0.768. The molecule has 1 saturated carbocycles. The number of carbonyl (C=O) groups excluding carboxylic acids is 1. The van der Waals surface area contributed by atoms with Crippen molar-refractivity contribution in [3.05, 3.63) is 52.0 Å². The normalized spacial score (nSPS) is 14.5. The van der Waals surface area contributed by atoms with Crippen LogP contribution in [0.4, 0.5) is 4.39 Å². The summed E-state index contributed by atoms with van der Waals surface area (Å²) < 4.78 is 40.2. The second-order valence-corrected chi connectivity index (χ2v) is 8.24. The van der Waals surface area contributed by atoms with E-state index in [1.807, 2.05) is 0 Å². The van der Waals surface area contributed by atoms with Gasteiger partial charge in [0.15, 0.2) is 0 Å². The Morgan fingerprint density at radius 3 is 2.79 bits per heavy atom. The van der Waals surface area contributed by atoms with Crippen LogP contribution in [0, 0.1) is 5.82 Å². The average Bonchev–Trinajstić information content (AvgIpc) is 3.17. The maximum Gasteiger partial charge on any atom is 0.262 e. The highest BCUT2D eigenvalue weighted by Crippen LogP contribution is 2.26. The van der Waals surface area contributed by atoms with E-state index in [9.17, 15) is 17.6 Å². The molecule has 5 nitrogen and oxygen atoms in total. The fourth-order valence-corrected chi connectivity index (χ4v) is 4.90. The monoisotopic (exact) mass is 368 g/mol. The van der Waals surface area contributed by atoms with Gasteiger partial charge in [-0.25, -0.2) is 17.5 Å². The Labute approximate surface area is 144 Å². The molecule has 1 fully saturated rings. The van der Waals surface area contributed by atoms with Gasteiger partial charge in [0.05, 0.1) is 0 Å². The molecule has 128 valence electrons. The van der Waals surface area contributed by atoms with Crippen LogP contribution in [-0.2, 0) is 16.4 Å². The molecule has 0 saturated heterocycles. The molecule has 24 heavy (non-hydrogen) atoms. The molecule has 0 spiro atoms. The summed E-state index contributed by atoms with van der Waals surface area (Å²) in [6.07, 6.45) is 2.13. The number of sulfonamides is 1. The number of benzene rings is 1.